The highest BCUT2D eigenvalue weighted by Gasteiger charge is 2.18. The molecule has 8 heteroatoms. The van der Waals surface area contributed by atoms with Crippen molar-refractivity contribution >= 4 is 45.7 Å². The Kier molecular flexibility index (Phi) is 6.78. The number of nitrogens with zero attached hydrogens (tertiary/aromatic N) is 3. The van der Waals surface area contributed by atoms with Gasteiger partial charge >= 0.3 is 0 Å². The van der Waals surface area contributed by atoms with E-state index in [0.717, 1.165) is 22.0 Å². The summed E-state index contributed by atoms with van der Waals surface area (Å²) in [4.78, 5) is 12.7. The second kappa shape index (κ2) is 9.89. The van der Waals surface area contributed by atoms with Crippen molar-refractivity contribution in [1.29, 1.82) is 0 Å². The minimum atomic E-state index is -0.124. The van der Waals surface area contributed by atoms with Gasteiger partial charge in [-0.25, -0.2) is 0 Å². The molecule has 3 aromatic carbocycles. The Labute approximate surface area is 195 Å². The predicted octanol–water partition coefficient (Wildman–Crippen LogP) is 5.68. The fraction of sp³-hybridized carbons (Fsp3) is 0.125. The van der Waals surface area contributed by atoms with Crippen LogP contribution in [-0.2, 0) is 11.3 Å². The molecule has 0 bridgehead atoms. The summed E-state index contributed by atoms with van der Waals surface area (Å²) in [7, 11) is 1.59. The molecule has 162 valence electrons. The number of thioether (sulfide) groups is 1. The molecular weight excluding hydrogens is 444 g/mol. The van der Waals surface area contributed by atoms with Crippen LogP contribution in [0.1, 0.15) is 0 Å². The Morgan fingerprint density at radius 2 is 2.00 bits per heavy atom. The maximum absolute atomic E-state index is 12.7. The zero-order chi connectivity index (χ0) is 22.5. The lowest BCUT2D eigenvalue weighted by molar-refractivity contribution is -0.113. The smallest absolute Gasteiger partial charge is 0.234 e. The highest BCUT2D eigenvalue weighted by Crippen LogP contribution is 2.33. The molecule has 0 atom stereocenters. The number of ether oxygens (including phenoxy) is 1. The highest BCUT2D eigenvalue weighted by atomic mass is 35.5. The fourth-order valence-electron chi connectivity index (χ4n) is 3.39. The number of halogens is 1. The maximum Gasteiger partial charge on any atom is 0.234 e. The van der Waals surface area contributed by atoms with Gasteiger partial charge in [0, 0.05) is 22.6 Å². The third-order valence-electron chi connectivity index (χ3n) is 4.83. The SMILES string of the molecule is C=CCn1c(SCC(=O)Nc2cccc3ccccc23)nnc1-c1cc(Cl)ccc1OC. The van der Waals surface area contributed by atoms with Crippen LogP contribution in [-0.4, -0.2) is 33.5 Å². The normalized spacial score (nSPS) is 10.8. The van der Waals surface area contributed by atoms with Crippen LogP contribution in [0.5, 0.6) is 5.75 Å². The van der Waals surface area contributed by atoms with Gasteiger partial charge in [0.05, 0.1) is 18.4 Å². The van der Waals surface area contributed by atoms with E-state index in [2.05, 4.69) is 22.1 Å². The van der Waals surface area contributed by atoms with Crippen LogP contribution in [0.4, 0.5) is 5.69 Å². The number of allylic oxidation sites excluding steroid dienone is 1. The van der Waals surface area contributed by atoms with Crippen molar-refractivity contribution in [3.05, 3.63) is 78.3 Å². The highest BCUT2D eigenvalue weighted by molar-refractivity contribution is 7.99. The first-order chi connectivity index (χ1) is 15.6. The lowest BCUT2D eigenvalue weighted by atomic mass is 10.1. The molecule has 32 heavy (non-hydrogen) atoms. The van der Waals surface area contributed by atoms with Crippen molar-refractivity contribution in [2.45, 2.75) is 11.7 Å². The van der Waals surface area contributed by atoms with Gasteiger partial charge in [-0.15, -0.1) is 16.8 Å². The molecule has 1 N–H and O–H groups in total. The summed E-state index contributed by atoms with van der Waals surface area (Å²) in [6, 6.07) is 19.1. The van der Waals surface area contributed by atoms with Crippen molar-refractivity contribution in [3.8, 4) is 17.1 Å². The first kappa shape index (κ1) is 21.9. The molecule has 0 saturated carbocycles. The molecule has 0 aliphatic heterocycles. The number of anilines is 1. The van der Waals surface area contributed by atoms with Gasteiger partial charge in [0.2, 0.25) is 5.91 Å². The molecule has 0 aliphatic rings. The van der Waals surface area contributed by atoms with Crippen molar-refractivity contribution in [2.24, 2.45) is 0 Å². The maximum atomic E-state index is 12.7. The number of hydrogen-bond acceptors (Lipinski definition) is 5. The number of amides is 1. The number of nitrogens with one attached hydrogen (secondary N) is 1. The topological polar surface area (TPSA) is 69.0 Å². The van der Waals surface area contributed by atoms with Crippen LogP contribution >= 0.6 is 23.4 Å². The van der Waals surface area contributed by atoms with E-state index in [9.17, 15) is 4.79 Å². The first-order valence-corrected chi connectivity index (χ1v) is 11.3. The molecule has 0 fully saturated rings. The van der Waals surface area contributed by atoms with Gasteiger partial charge in [-0.3, -0.25) is 9.36 Å². The summed E-state index contributed by atoms with van der Waals surface area (Å²) in [5, 5.41) is 14.9. The largest absolute Gasteiger partial charge is 0.496 e. The average Bonchev–Trinajstić information content (AvgIpc) is 3.20. The molecule has 1 heterocycles. The Balaban J connectivity index is 1.54. The first-order valence-electron chi connectivity index (χ1n) is 9.89. The number of fused-ring (bicyclic) bond motifs is 1. The molecule has 0 saturated heterocycles. The number of benzene rings is 3. The van der Waals surface area contributed by atoms with Gasteiger partial charge < -0.3 is 10.1 Å². The monoisotopic (exact) mass is 464 g/mol. The number of carbonyl (C=O) groups excluding carboxylic acids is 1. The number of aromatic nitrogens is 3. The van der Waals surface area contributed by atoms with Gasteiger partial charge in [-0.2, -0.15) is 0 Å². The van der Waals surface area contributed by atoms with E-state index in [1.807, 2.05) is 47.0 Å². The van der Waals surface area contributed by atoms with E-state index in [1.165, 1.54) is 11.8 Å². The minimum Gasteiger partial charge on any atom is -0.496 e. The summed E-state index contributed by atoms with van der Waals surface area (Å²) >= 11 is 7.50. The zero-order valence-corrected chi connectivity index (χ0v) is 19.0. The summed E-state index contributed by atoms with van der Waals surface area (Å²) in [6.07, 6.45) is 1.75. The second-order valence-corrected chi connectivity index (χ2v) is 8.29. The van der Waals surface area contributed by atoms with Crippen molar-refractivity contribution in [1.82, 2.24) is 14.8 Å². The Bertz CT molecular complexity index is 1280. The van der Waals surface area contributed by atoms with E-state index in [1.54, 1.807) is 31.4 Å². The third kappa shape index (κ3) is 4.64. The predicted molar refractivity (Wildman–Crippen MR) is 131 cm³/mol. The molecular formula is C24H21ClN4O2S. The molecule has 0 radical (unpaired) electrons. The Morgan fingerprint density at radius 1 is 1.19 bits per heavy atom. The van der Waals surface area contributed by atoms with E-state index >= 15 is 0 Å². The van der Waals surface area contributed by atoms with Crippen LogP contribution in [0.15, 0.2) is 78.5 Å². The van der Waals surface area contributed by atoms with Crippen LogP contribution < -0.4 is 10.1 Å². The number of carbonyl (C=O) groups is 1. The molecule has 0 aliphatic carbocycles. The number of rotatable bonds is 8. The van der Waals surface area contributed by atoms with Gasteiger partial charge in [0.25, 0.3) is 0 Å². The summed E-state index contributed by atoms with van der Waals surface area (Å²) in [6.45, 7) is 4.31. The van der Waals surface area contributed by atoms with Crippen LogP contribution in [0.3, 0.4) is 0 Å². The molecule has 0 spiro atoms. The molecule has 6 nitrogen and oxygen atoms in total. The number of methoxy groups -OCH3 is 1. The van der Waals surface area contributed by atoms with Crippen LogP contribution in [0.2, 0.25) is 5.02 Å². The van der Waals surface area contributed by atoms with Crippen molar-refractivity contribution in [2.75, 3.05) is 18.2 Å². The summed E-state index contributed by atoms with van der Waals surface area (Å²) in [5.41, 5.74) is 1.51. The standard InChI is InChI=1S/C24H21ClN4O2S/c1-3-13-29-23(19-14-17(25)11-12-21(19)31-2)27-28-24(29)32-15-22(30)26-20-10-6-8-16-7-4-5-9-18(16)20/h3-12,14H,1,13,15H2,2H3,(H,26,30). The minimum absolute atomic E-state index is 0.124. The molecule has 4 rings (SSSR count). The number of hydrogen-bond donors (Lipinski definition) is 1. The molecule has 0 unspecified atom stereocenters. The van der Waals surface area contributed by atoms with Crippen molar-refractivity contribution < 1.29 is 9.53 Å². The lowest BCUT2D eigenvalue weighted by Crippen LogP contribution is -2.15. The quantitative estimate of drug-likeness (QED) is 0.268. The fourth-order valence-corrected chi connectivity index (χ4v) is 4.31. The summed E-state index contributed by atoms with van der Waals surface area (Å²) in [5.74, 6) is 1.30. The lowest BCUT2D eigenvalue weighted by Gasteiger charge is -2.11. The average molecular weight is 465 g/mol. The van der Waals surface area contributed by atoms with Crippen LogP contribution in [0.25, 0.3) is 22.2 Å². The molecule has 1 aromatic heterocycles. The van der Waals surface area contributed by atoms with E-state index in [-0.39, 0.29) is 11.7 Å². The van der Waals surface area contributed by atoms with Gasteiger partial charge in [-0.05, 0) is 29.7 Å². The Morgan fingerprint density at radius 3 is 2.81 bits per heavy atom. The molecule has 4 aromatic rings. The third-order valence-corrected chi connectivity index (χ3v) is 6.03. The van der Waals surface area contributed by atoms with Gasteiger partial charge in [-0.1, -0.05) is 65.8 Å². The summed E-state index contributed by atoms with van der Waals surface area (Å²) < 4.78 is 7.35. The van der Waals surface area contributed by atoms with E-state index < -0.39 is 0 Å². The van der Waals surface area contributed by atoms with Crippen molar-refractivity contribution in [3.63, 3.8) is 0 Å². The Hall–Kier alpha value is -3.29. The molecule has 1 amide bonds. The van der Waals surface area contributed by atoms with Crippen LogP contribution in [0, 0.1) is 0 Å². The van der Waals surface area contributed by atoms with Gasteiger partial charge in [0.15, 0.2) is 11.0 Å². The van der Waals surface area contributed by atoms with Gasteiger partial charge in [0.1, 0.15) is 5.75 Å². The van der Waals surface area contributed by atoms with E-state index in [4.69, 9.17) is 16.3 Å². The zero-order valence-electron chi connectivity index (χ0n) is 17.4. The second-order valence-electron chi connectivity index (χ2n) is 6.91. The van der Waals surface area contributed by atoms with E-state index in [0.29, 0.717) is 28.3 Å².